The Balaban J connectivity index is 2.10. The van der Waals surface area contributed by atoms with Crippen LogP contribution in [0.4, 0.5) is 4.39 Å². The van der Waals surface area contributed by atoms with Crippen LogP contribution in [-0.4, -0.2) is 7.11 Å². The van der Waals surface area contributed by atoms with Gasteiger partial charge < -0.3 is 14.9 Å². The van der Waals surface area contributed by atoms with Crippen LogP contribution < -0.4 is 10.5 Å². The van der Waals surface area contributed by atoms with Crippen LogP contribution >= 0.6 is 15.9 Å². The normalized spacial score (nSPS) is 12.6. The van der Waals surface area contributed by atoms with Crippen LogP contribution in [0.15, 0.2) is 51.4 Å². The summed E-state index contributed by atoms with van der Waals surface area (Å²) >= 11 is 3.44. The summed E-state index contributed by atoms with van der Waals surface area (Å²) in [4.78, 5) is 0. The SMILES string of the molecule is COc1ccc(F)cc1C(N)c1cc2cccc(Br)c2o1. The number of hydrogen-bond acceptors (Lipinski definition) is 3. The van der Waals surface area contributed by atoms with Gasteiger partial charge in [0.15, 0.2) is 0 Å². The lowest BCUT2D eigenvalue weighted by atomic mass is 10.0. The number of hydrogen-bond donors (Lipinski definition) is 1. The van der Waals surface area contributed by atoms with E-state index in [0.29, 0.717) is 17.1 Å². The zero-order valence-corrected chi connectivity index (χ0v) is 12.9. The lowest BCUT2D eigenvalue weighted by Gasteiger charge is -2.13. The molecule has 0 aliphatic heterocycles. The molecule has 1 heterocycles. The number of benzene rings is 2. The predicted molar refractivity (Wildman–Crippen MR) is 82.9 cm³/mol. The molecule has 2 aromatic carbocycles. The second kappa shape index (κ2) is 5.50. The molecule has 0 radical (unpaired) electrons. The van der Waals surface area contributed by atoms with Crippen molar-refractivity contribution in [3.63, 3.8) is 0 Å². The van der Waals surface area contributed by atoms with E-state index in [1.807, 2.05) is 24.3 Å². The molecule has 0 saturated heterocycles. The van der Waals surface area contributed by atoms with E-state index in [0.717, 1.165) is 15.4 Å². The lowest BCUT2D eigenvalue weighted by Crippen LogP contribution is -2.12. The maximum atomic E-state index is 13.5. The predicted octanol–water partition coefficient (Wildman–Crippen LogP) is 4.39. The number of methoxy groups -OCH3 is 1. The van der Waals surface area contributed by atoms with E-state index < -0.39 is 6.04 Å². The summed E-state index contributed by atoms with van der Waals surface area (Å²) in [6.45, 7) is 0. The summed E-state index contributed by atoms with van der Waals surface area (Å²) < 4.78 is 25.4. The number of fused-ring (bicyclic) bond motifs is 1. The highest BCUT2D eigenvalue weighted by atomic mass is 79.9. The topological polar surface area (TPSA) is 48.4 Å². The van der Waals surface area contributed by atoms with Gasteiger partial charge in [-0.1, -0.05) is 12.1 Å². The molecular weight excluding hydrogens is 337 g/mol. The molecule has 2 N–H and O–H groups in total. The molecule has 0 amide bonds. The van der Waals surface area contributed by atoms with E-state index >= 15 is 0 Å². The maximum absolute atomic E-state index is 13.5. The summed E-state index contributed by atoms with van der Waals surface area (Å²) in [5.41, 5.74) is 7.49. The maximum Gasteiger partial charge on any atom is 0.148 e. The fourth-order valence-electron chi connectivity index (χ4n) is 2.30. The molecule has 0 bridgehead atoms. The van der Waals surface area contributed by atoms with Crippen molar-refractivity contribution < 1.29 is 13.5 Å². The molecule has 108 valence electrons. The number of halogens is 2. The van der Waals surface area contributed by atoms with Gasteiger partial charge in [-0.2, -0.15) is 0 Å². The Bertz CT molecular complexity index is 800. The van der Waals surface area contributed by atoms with E-state index in [-0.39, 0.29) is 5.82 Å². The van der Waals surface area contributed by atoms with Gasteiger partial charge in [-0.25, -0.2) is 4.39 Å². The minimum atomic E-state index is -0.602. The zero-order valence-electron chi connectivity index (χ0n) is 11.3. The minimum absolute atomic E-state index is 0.362. The van der Waals surface area contributed by atoms with Crippen LogP contribution in [0.3, 0.4) is 0 Å². The van der Waals surface area contributed by atoms with Crippen molar-refractivity contribution in [3.05, 3.63) is 64.1 Å². The molecule has 0 aliphatic carbocycles. The quantitative estimate of drug-likeness (QED) is 0.762. The Labute approximate surface area is 129 Å². The largest absolute Gasteiger partial charge is 0.496 e. The highest BCUT2D eigenvalue weighted by Crippen LogP contribution is 2.34. The third-order valence-electron chi connectivity index (χ3n) is 3.35. The van der Waals surface area contributed by atoms with Gasteiger partial charge in [-0.3, -0.25) is 0 Å². The molecule has 3 aromatic rings. The first-order valence-corrected chi connectivity index (χ1v) is 7.16. The van der Waals surface area contributed by atoms with Crippen molar-refractivity contribution in [3.8, 4) is 5.75 Å². The van der Waals surface area contributed by atoms with Crippen LogP contribution in [-0.2, 0) is 0 Å². The summed E-state index contributed by atoms with van der Waals surface area (Å²) in [6, 6.07) is 11.3. The van der Waals surface area contributed by atoms with E-state index in [1.54, 1.807) is 6.07 Å². The van der Waals surface area contributed by atoms with Crippen molar-refractivity contribution in [1.29, 1.82) is 0 Å². The van der Waals surface area contributed by atoms with Gasteiger partial charge in [0.05, 0.1) is 17.6 Å². The first-order valence-electron chi connectivity index (χ1n) is 6.37. The molecule has 0 spiro atoms. The van der Waals surface area contributed by atoms with Crippen LogP contribution in [0, 0.1) is 5.82 Å². The van der Waals surface area contributed by atoms with Gasteiger partial charge in [0.25, 0.3) is 0 Å². The van der Waals surface area contributed by atoms with Gasteiger partial charge >= 0.3 is 0 Å². The molecule has 0 aliphatic rings. The first-order chi connectivity index (χ1) is 10.1. The second-order valence-corrected chi connectivity index (χ2v) is 5.53. The fraction of sp³-hybridized carbons (Fsp3) is 0.125. The van der Waals surface area contributed by atoms with Gasteiger partial charge in [0.1, 0.15) is 22.9 Å². The Morgan fingerprint density at radius 1 is 1.24 bits per heavy atom. The summed E-state index contributed by atoms with van der Waals surface area (Å²) in [7, 11) is 1.53. The van der Waals surface area contributed by atoms with Crippen LogP contribution in [0.5, 0.6) is 5.75 Å². The van der Waals surface area contributed by atoms with Gasteiger partial charge in [0, 0.05) is 10.9 Å². The van der Waals surface area contributed by atoms with E-state index in [1.165, 1.54) is 19.2 Å². The van der Waals surface area contributed by atoms with Crippen molar-refractivity contribution in [2.75, 3.05) is 7.11 Å². The number of nitrogens with two attached hydrogens (primary N) is 1. The Kier molecular flexibility index (Phi) is 3.69. The molecular formula is C16H13BrFNO2. The highest BCUT2D eigenvalue weighted by Gasteiger charge is 2.19. The van der Waals surface area contributed by atoms with Gasteiger partial charge in [0.2, 0.25) is 0 Å². The molecule has 1 unspecified atom stereocenters. The van der Waals surface area contributed by atoms with E-state index in [4.69, 9.17) is 14.9 Å². The Morgan fingerprint density at radius 3 is 2.76 bits per heavy atom. The number of rotatable bonds is 3. The molecule has 5 heteroatoms. The summed E-state index contributed by atoms with van der Waals surface area (Å²) in [6.07, 6.45) is 0. The Hall–Kier alpha value is -1.85. The first kappa shape index (κ1) is 14.1. The third kappa shape index (κ3) is 2.54. The fourth-order valence-corrected chi connectivity index (χ4v) is 2.76. The van der Waals surface area contributed by atoms with Gasteiger partial charge in [-0.05, 0) is 46.3 Å². The zero-order chi connectivity index (χ0) is 15.0. The van der Waals surface area contributed by atoms with Crippen molar-refractivity contribution in [2.45, 2.75) is 6.04 Å². The monoisotopic (exact) mass is 349 g/mol. The molecule has 1 atom stereocenters. The van der Waals surface area contributed by atoms with Crippen LogP contribution in [0.1, 0.15) is 17.4 Å². The van der Waals surface area contributed by atoms with E-state index in [2.05, 4.69) is 15.9 Å². The molecule has 3 nitrogen and oxygen atoms in total. The van der Waals surface area contributed by atoms with Crippen molar-refractivity contribution in [1.82, 2.24) is 0 Å². The molecule has 1 aromatic heterocycles. The smallest absolute Gasteiger partial charge is 0.148 e. The molecule has 0 fully saturated rings. The average molecular weight is 350 g/mol. The molecule has 0 saturated carbocycles. The van der Waals surface area contributed by atoms with Gasteiger partial charge in [-0.15, -0.1) is 0 Å². The summed E-state index contributed by atoms with van der Waals surface area (Å²) in [5.74, 6) is 0.725. The van der Waals surface area contributed by atoms with Crippen LogP contribution in [0.2, 0.25) is 0 Å². The third-order valence-corrected chi connectivity index (χ3v) is 3.97. The van der Waals surface area contributed by atoms with Crippen LogP contribution in [0.25, 0.3) is 11.0 Å². The van der Waals surface area contributed by atoms with Crippen molar-refractivity contribution in [2.24, 2.45) is 5.73 Å². The molecule has 21 heavy (non-hydrogen) atoms. The van der Waals surface area contributed by atoms with E-state index in [9.17, 15) is 4.39 Å². The van der Waals surface area contributed by atoms with Crippen molar-refractivity contribution >= 4 is 26.9 Å². The average Bonchev–Trinajstić information content (AvgIpc) is 2.92. The number of ether oxygens (including phenoxy) is 1. The molecule has 3 rings (SSSR count). The standard InChI is InChI=1S/C16H13BrFNO2/c1-20-13-6-5-10(18)8-11(13)15(19)14-7-9-3-2-4-12(17)16(9)21-14/h2-8,15H,19H2,1H3. The lowest BCUT2D eigenvalue weighted by molar-refractivity contribution is 0.402. The number of furan rings is 1. The number of para-hydroxylation sites is 1. The highest BCUT2D eigenvalue weighted by molar-refractivity contribution is 9.10. The summed E-state index contributed by atoms with van der Waals surface area (Å²) in [5, 5.41) is 0.935. The Morgan fingerprint density at radius 2 is 2.05 bits per heavy atom. The minimum Gasteiger partial charge on any atom is -0.496 e. The second-order valence-electron chi connectivity index (χ2n) is 4.67.